The maximum atomic E-state index is 11.6. The molecule has 1 aliphatic heterocycles. The topological polar surface area (TPSA) is 68.3 Å². The normalized spacial score (nSPS) is 38.3. The molecule has 0 aromatic carbocycles. The van der Waals surface area contributed by atoms with Crippen LogP contribution in [0, 0.1) is 0 Å². The monoisotopic (exact) mass is 214 g/mol. The van der Waals surface area contributed by atoms with Crippen LogP contribution in [0.2, 0.25) is 0 Å². The van der Waals surface area contributed by atoms with Crippen molar-refractivity contribution in [2.45, 2.75) is 30.5 Å². The second-order valence-corrected chi connectivity index (χ2v) is 3.77. The summed E-state index contributed by atoms with van der Waals surface area (Å²) in [5.74, 6) is -0.347. The molecule has 0 amide bonds. The van der Waals surface area contributed by atoms with Gasteiger partial charge < -0.3 is 19.3 Å². The summed E-state index contributed by atoms with van der Waals surface area (Å²) in [6, 6.07) is 0. The molecule has 5 nitrogen and oxygen atoms in total. The zero-order valence-electron chi connectivity index (χ0n) is 8.67. The lowest BCUT2D eigenvalue weighted by Gasteiger charge is -2.28. The summed E-state index contributed by atoms with van der Waals surface area (Å²) in [6.45, 7) is 0. The van der Waals surface area contributed by atoms with E-state index in [1.165, 1.54) is 20.3 Å². The second-order valence-electron chi connectivity index (χ2n) is 3.77. The van der Waals surface area contributed by atoms with Gasteiger partial charge in [-0.2, -0.15) is 0 Å². The molecule has 15 heavy (non-hydrogen) atoms. The van der Waals surface area contributed by atoms with Crippen LogP contribution < -0.4 is 0 Å². The number of carbonyl (C=O) groups excluding carboxylic acids is 1. The Morgan fingerprint density at radius 3 is 2.87 bits per heavy atom. The predicted octanol–water partition coefficient (Wildman–Crippen LogP) is -0.367. The molecule has 1 fully saturated rings. The summed E-state index contributed by atoms with van der Waals surface area (Å²) in [7, 11) is 2.93. The number of fused-ring (bicyclic) bond motifs is 1. The van der Waals surface area contributed by atoms with E-state index in [0.717, 1.165) is 0 Å². The third kappa shape index (κ3) is 1.72. The van der Waals surface area contributed by atoms with Gasteiger partial charge in [0.05, 0.1) is 0 Å². The Hall–Kier alpha value is -0.750. The zero-order chi connectivity index (χ0) is 11.1. The van der Waals surface area contributed by atoms with Gasteiger partial charge in [-0.1, -0.05) is 0 Å². The summed E-state index contributed by atoms with van der Waals surface area (Å²) < 4.78 is 15.1. The Morgan fingerprint density at radius 1 is 1.60 bits per heavy atom. The smallest absolute Gasteiger partial charge is 0.189 e. The van der Waals surface area contributed by atoms with Crippen LogP contribution in [0.4, 0.5) is 0 Å². The van der Waals surface area contributed by atoms with Crippen molar-refractivity contribution in [2.75, 3.05) is 14.2 Å². The summed E-state index contributed by atoms with van der Waals surface area (Å²) in [6.07, 6.45) is 1.93. The first-order chi connectivity index (χ1) is 7.11. The van der Waals surface area contributed by atoms with Crippen LogP contribution in [0.25, 0.3) is 0 Å². The maximum absolute atomic E-state index is 11.6. The number of methoxy groups -OCH3 is 2. The van der Waals surface area contributed by atoms with Gasteiger partial charge in [0.25, 0.3) is 0 Å². The molecule has 84 valence electrons. The molecule has 2 aliphatic rings. The maximum Gasteiger partial charge on any atom is 0.189 e. The van der Waals surface area contributed by atoms with Crippen molar-refractivity contribution in [3.8, 4) is 0 Å². The molecule has 1 saturated heterocycles. The van der Waals surface area contributed by atoms with E-state index in [-0.39, 0.29) is 18.3 Å². The van der Waals surface area contributed by atoms with Crippen LogP contribution in [-0.4, -0.2) is 49.2 Å². The van der Waals surface area contributed by atoms with Crippen molar-refractivity contribution in [2.24, 2.45) is 0 Å². The first kappa shape index (κ1) is 10.8. The van der Waals surface area contributed by atoms with Crippen LogP contribution in [0.5, 0.6) is 0 Å². The highest BCUT2D eigenvalue weighted by Gasteiger charge is 2.59. The van der Waals surface area contributed by atoms with E-state index >= 15 is 0 Å². The van der Waals surface area contributed by atoms with Crippen molar-refractivity contribution in [3.05, 3.63) is 12.2 Å². The Morgan fingerprint density at radius 2 is 2.27 bits per heavy atom. The van der Waals surface area contributed by atoms with E-state index in [4.69, 9.17) is 14.2 Å². The van der Waals surface area contributed by atoms with Crippen molar-refractivity contribution in [1.82, 2.24) is 0 Å². The minimum Gasteiger partial charge on any atom is -0.379 e. The minimum atomic E-state index is -1.50. The van der Waals surface area contributed by atoms with Crippen molar-refractivity contribution >= 4 is 5.78 Å². The van der Waals surface area contributed by atoms with Crippen molar-refractivity contribution in [1.29, 1.82) is 0 Å². The average molecular weight is 214 g/mol. The number of ketones is 1. The van der Waals surface area contributed by atoms with E-state index in [2.05, 4.69) is 0 Å². The van der Waals surface area contributed by atoms with Crippen LogP contribution in [0.15, 0.2) is 12.2 Å². The molecule has 1 N–H and O–H groups in total. The molecular weight excluding hydrogens is 200 g/mol. The standard InChI is InChI=1S/C10H14O5/c1-13-8(14-2)5-10(12)7(11)4-3-6-9(10)15-6/h3-4,6,8-9,12H,5H2,1-2H3/t6-,9-,10+/m0/s1. The lowest BCUT2D eigenvalue weighted by Crippen LogP contribution is -2.48. The van der Waals surface area contributed by atoms with Gasteiger partial charge in [0.15, 0.2) is 17.7 Å². The molecule has 0 bridgehead atoms. The second kappa shape index (κ2) is 3.68. The molecule has 0 radical (unpaired) electrons. The molecular formula is C10H14O5. The summed E-state index contributed by atoms with van der Waals surface area (Å²) in [4.78, 5) is 11.6. The molecule has 0 aromatic heterocycles. The molecule has 5 heteroatoms. The Kier molecular flexibility index (Phi) is 2.64. The Labute approximate surface area is 87.6 Å². The Bertz CT molecular complexity index is 296. The van der Waals surface area contributed by atoms with E-state index in [1.54, 1.807) is 6.08 Å². The number of ether oxygens (including phenoxy) is 3. The minimum absolute atomic E-state index is 0.0876. The first-order valence-corrected chi connectivity index (χ1v) is 4.78. The van der Waals surface area contributed by atoms with Crippen molar-refractivity contribution in [3.63, 3.8) is 0 Å². The number of carbonyl (C=O) groups is 1. The van der Waals surface area contributed by atoms with Crippen LogP contribution >= 0.6 is 0 Å². The molecule has 0 spiro atoms. The van der Waals surface area contributed by atoms with Gasteiger partial charge in [-0.3, -0.25) is 4.79 Å². The van der Waals surface area contributed by atoms with Gasteiger partial charge in [-0.05, 0) is 12.2 Å². The van der Waals surface area contributed by atoms with Gasteiger partial charge in [0.1, 0.15) is 12.2 Å². The van der Waals surface area contributed by atoms with E-state index < -0.39 is 18.0 Å². The summed E-state index contributed by atoms with van der Waals surface area (Å²) >= 11 is 0. The molecule has 1 aliphatic carbocycles. The summed E-state index contributed by atoms with van der Waals surface area (Å²) in [5.41, 5.74) is -1.50. The third-order valence-electron chi connectivity index (χ3n) is 2.86. The number of aliphatic hydroxyl groups is 1. The predicted molar refractivity (Wildman–Crippen MR) is 50.2 cm³/mol. The molecule has 0 aromatic rings. The highest BCUT2D eigenvalue weighted by Crippen LogP contribution is 2.40. The van der Waals surface area contributed by atoms with E-state index in [1.807, 2.05) is 0 Å². The fourth-order valence-corrected chi connectivity index (χ4v) is 1.86. The fraction of sp³-hybridized carbons (Fsp3) is 0.700. The lowest BCUT2D eigenvalue weighted by atomic mass is 9.85. The van der Waals surface area contributed by atoms with E-state index in [0.29, 0.717) is 0 Å². The number of epoxide rings is 1. The highest BCUT2D eigenvalue weighted by molar-refractivity contribution is 5.99. The number of hydrogen-bond acceptors (Lipinski definition) is 5. The third-order valence-corrected chi connectivity index (χ3v) is 2.86. The first-order valence-electron chi connectivity index (χ1n) is 4.78. The quantitative estimate of drug-likeness (QED) is 0.511. The average Bonchev–Trinajstić information content (AvgIpc) is 3.01. The Balaban J connectivity index is 2.11. The van der Waals surface area contributed by atoms with Crippen LogP contribution in [0.3, 0.4) is 0 Å². The number of rotatable bonds is 4. The molecule has 0 unspecified atom stereocenters. The molecule has 1 heterocycles. The molecule has 2 rings (SSSR count). The van der Waals surface area contributed by atoms with Gasteiger partial charge in [-0.15, -0.1) is 0 Å². The number of hydrogen-bond donors (Lipinski definition) is 1. The van der Waals surface area contributed by atoms with Crippen LogP contribution in [-0.2, 0) is 19.0 Å². The highest BCUT2D eigenvalue weighted by atomic mass is 16.7. The SMILES string of the molecule is COC(C[C@@]1(O)C(=O)C=C[C@@H]2O[C@@H]21)OC. The zero-order valence-corrected chi connectivity index (χ0v) is 8.67. The van der Waals surface area contributed by atoms with E-state index in [9.17, 15) is 9.90 Å². The van der Waals surface area contributed by atoms with Crippen molar-refractivity contribution < 1.29 is 24.1 Å². The van der Waals surface area contributed by atoms with Gasteiger partial charge >= 0.3 is 0 Å². The van der Waals surface area contributed by atoms with Gasteiger partial charge in [0, 0.05) is 20.6 Å². The van der Waals surface area contributed by atoms with Gasteiger partial charge in [-0.25, -0.2) is 0 Å². The summed E-state index contributed by atoms with van der Waals surface area (Å²) in [5, 5.41) is 10.2. The molecule has 0 saturated carbocycles. The van der Waals surface area contributed by atoms with Gasteiger partial charge in [0.2, 0.25) is 0 Å². The fourth-order valence-electron chi connectivity index (χ4n) is 1.86. The molecule has 3 atom stereocenters. The lowest BCUT2D eigenvalue weighted by molar-refractivity contribution is -0.162. The largest absolute Gasteiger partial charge is 0.379 e. The van der Waals surface area contributed by atoms with Crippen LogP contribution in [0.1, 0.15) is 6.42 Å².